The number of rotatable bonds is 18. The van der Waals surface area contributed by atoms with Gasteiger partial charge >= 0.3 is 12.1 Å². The van der Waals surface area contributed by atoms with Crippen LogP contribution < -0.4 is 14.2 Å². The Morgan fingerprint density at radius 2 is 1.03 bits per heavy atom. The van der Waals surface area contributed by atoms with E-state index in [4.69, 9.17) is 41.6 Å². The molecule has 0 amide bonds. The molecule has 0 aliphatic heterocycles. The lowest BCUT2D eigenvalue weighted by atomic mass is 9.53. The number of ether oxygens (including phenoxy) is 5. The van der Waals surface area contributed by atoms with Gasteiger partial charge in [-0.05, 0) is 164 Å². The average Bonchev–Trinajstić information content (AvgIpc) is 1.62. The molecule has 1 N–H and O–H groups in total. The number of allylic oxidation sites excluding steroid dienone is 1. The minimum atomic E-state index is -3.08. The van der Waals surface area contributed by atoms with Crippen LogP contribution in [0, 0.1) is 37.5 Å². The topological polar surface area (TPSA) is 246 Å². The monoisotopic (exact) mass is 1510 g/mol. The zero-order valence-electron chi connectivity index (χ0n) is 66.0. The van der Waals surface area contributed by atoms with Gasteiger partial charge in [0.15, 0.2) is 45.1 Å². The van der Waals surface area contributed by atoms with Gasteiger partial charge in [0, 0.05) is 23.0 Å². The number of aliphatic hydroxyl groups is 1. The summed E-state index contributed by atoms with van der Waals surface area (Å²) in [4.78, 5) is 89.9. The Balaban J connectivity index is 0.000000188. The van der Waals surface area contributed by atoms with Gasteiger partial charge in [-0.1, -0.05) is 214 Å². The molecule has 22 heteroatoms. The number of fused-ring (bicyclic) bond motifs is 6. The van der Waals surface area contributed by atoms with Gasteiger partial charge in [-0.25, -0.2) is 9.59 Å². The molecule has 0 radical (unpaired) electrons. The van der Waals surface area contributed by atoms with Crippen molar-refractivity contribution in [3.8, 4) is 17.5 Å². The quantitative estimate of drug-likeness (QED) is 0.0363. The first kappa shape index (κ1) is 80.3. The lowest BCUT2D eigenvalue weighted by Gasteiger charge is -2.57. The van der Waals surface area contributed by atoms with Crippen molar-refractivity contribution in [1.82, 2.24) is 20.1 Å². The Morgan fingerprint density at radius 3 is 1.52 bits per heavy atom. The van der Waals surface area contributed by atoms with Crippen molar-refractivity contribution in [2.75, 3.05) is 28.2 Å². The van der Waals surface area contributed by atoms with E-state index in [1.807, 2.05) is 244 Å². The van der Waals surface area contributed by atoms with Crippen LogP contribution in [0.1, 0.15) is 167 Å². The van der Waals surface area contributed by atoms with Crippen molar-refractivity contribution in [3.63, 3.8) is 0 Å². The Morgan fingerprint density at radius 1 is 0.569 bits per heavy atom. The van der Waals surface area contributed by atoms with Crippen LogP contribution in [-0.4, -0.2) is 123 Å². The molecule has 109 heavy (non-hydrogen) atoms. The van der Waals surface area contributed by atoms with Gasteiger partial charge in [-0.2, -0.15) is 0 Å². The highest BCUT2D eigenvalue weighted by Gasteiger charge is 2.74. The van der Waals surface area contributed by atoms with E-state index in [0.29, 0.717) is 22.6 Å². The van der Waals surface area contributed by atoms with Gasteiger partial charge in [0.05, 0.1) is 23.6 Å². The lowest BCUT2D eigenvalue weighted by Crippen LogP contribution is -2.72. The van der Waals surface area contributed by atoms with Crippen LogP contribution in [0.4, 0.5) is 4.79 Å². The Kier molecular flexibility index (Phi) is 23.4. The molecule has 2 aromatic heterocycles. The number of ketones is 4. The van der Waals surface area contributed by atoms with Crippen molar-refractivity contribution >= 4 is 57.7 Å². The molecule has 13 rings (SSSR count). The standard InChI is InChI=1S/C44H50N2O9Si.C27H36N2O5Si.C16H16O2/c1-25-17-16-22-29-26(2)31-32(36(47)30(25)29)39(48)44(55-56(8,9)43(3,4)5)34(37(31)53-42(50)52-24-28-20-14-11-15-21-28)35(46(6)7)38-33(40(44)49)41(45-54-38)51-23-27-18-12-10-13-19-27;1-17-14-15-19(30)27(34-35(7,8)26(2,3)4)21(17)22(29(5)6)23-20(24(27)31)25(28-33-23)32-16-18-12-10-9-11-13-18;1-3-13-9-7-8-12(2)15(13)16(17)18-14-10-5-4-6-11-14/h10-22,26,31,34-35,37,47H,23-24H2,1-9H3;9-15,17,21-22H,16H2,1-8H3;4-11H,3H2,1-2H3/t26-,31+,34+,35-,37-,44-;17-,21-,22-,27+;/m00./s1. The molecule has 0 saturated heterocycles. The van der Waals surface area contributed by atoms with E-state index in [9.17, 15) is 24.3 Å². The molecule has 5 aliphatic rings. The number of Topliss-reactive ketones (excluding diaryl/α,β-unsaturated/α-hetero) is 3. The summed E-state index contributed by atoms with van der Waals surface area (Å²) in [5, 5.41) is 20.1. The maximum absolute atomic E-state index is 15.9. The predicted molar refractivity (Wildman–Crippen MR) is 419 cm³/mol. The van der Waals surface area contributed by atoms with Gasteiger partial charge < -0.3 is 46.7 Å². The number of hydrogen-bond acceptors (Lipinski definition) is 20. The lowest BCUT2D eigenvalue weighted by molar-refractivity contribution is -0.158. The first-order valence-electron chi connectivity index (χ1n) is 37.2. The zero-order chi connectivity index (χ0) is 79.0. The molecule has 20 nitrogen and oxygen atoms in total. The predicted octanol–water partition coefficient (Wildman–Crippen LogP) is 17.7. The number of hydrogen-bond donors (Lipinski definition) is 1. The molecule has 6 aromatic carbocycles. The number of aryl methyl sites for hydroxylation is 3. The summed E-state index contributed by atoms with van der Waals surface area (Å²) in [5.41, 5.74) is 3.45. The molecule has 8 aromatic rings. The Bertz CT molecular complexity index is 4750. The largest absolute Gasteiger partial charge is 0.508 e. The number of carbonyl (C=O) groups is 6. The number of para-hydroxylation sites is 1. The van der Waals surface area contributed by atoms with E-state index in [-0.39, 0.29) is 82.5 Å². The highest BCUT2D eigenvalue weighted by Crippen LogP contribution is 2.62. The van der Waals surface area contributed by atoms with Gasteiger partial charge in [-0.3, -0.25) is 29.0 Å². The highest BCUT2D eigenvalue weighted by atomic mass is 28.4. The highest BCUT2D eigenvalue weighted by molar-refractivity contribution is 6.75. The minimum absolute atomic E-state index is 0.0207. The fraction of sp³-hybridized carbons (Fsp3) is 0.402. The van der Waals surface area contributed by atoms with Gasteiger partial charge in [0.1, 0.15) is 48.6 Å². The second-order valence-corrected chi connectivity index (χ2v) is 42.0. The van der Waals surface area contributed by atoms with Crippen LogP contribution in [0.2, 0.25) is 36.3 Å². The average molecular weight is 1520 g/mol. The second kappa shape index (κ2) is 31.7. The second-order valence-electron chi connectivity index (χ2n) is 32.5. The number of aliphatic hydroxyl groups excluding tert-OH is 1. The maximum Gasteiger partial charge on any atom is 0.508 e. The van der Waals surface area contributed by atoms with Crippen molar-refractivity contribution in [2.45, 2.75) is 174 Å². The van der Waals surface area contributed by atoms with Gasteiger partial charge in [0.25, 0.3) is 11.8 Å². The van der Waals surface area contributed by atoms with E-state index >= 15 is 9.59 Å². The van der Waals surface area contributed by atoms with E-state index in [2.05, 4.69) is 44.2 Å². The molecule has 0 unspecified atom stereocenters. The first-order valence-corrected chi connectivity index (χ1v) is 43.0. The SMILES string of the molecule is CCc1cccc(C)c1C(=O)Oc1ccccc1.C[C@H]1C=CC(=O)[C@]2(O[Si](C)(C)C(C)(C)C)C(=O)c3c(OCc4ccccc4)noc3[C@@H](N(C)C)[C@H]12.Cc1cccc2c1C(O)=C1C(=O)[C@]3(O[Si](C)(C)C(C)(C)C)C(=O)c4c(OCc5ccccc5)noc4[C@@H](N(C)C)[C@@H]3[C@@H](OC(=O)OCc3ccccc3)[C@@H]1[C@H]2C. The van der Waals surface area contributed by atoms with Crippen molar-refractivity contribution in [2.24, 2.45) is 23.7 Å². The van der Waals surface area contributed by atoms with Crippen LogP contribution >= 0.6 is 0 Å². The molecule has 0 bridgehead atoms. The summed E-state index contributed by atoms with van der Waals surface area (Å²) in [5.74, 6) is -4.54. The summed E-state index contributed by atoms with van der Waals surface area (Å²) in [6.45, 7) is 30.5. The van der Waals surface area contributed by atoms with Crippen LogP contribution in [0.3, 0.4) is 0 Å². The number of esters is 1. The zero-order valence-corrected chi connectivity index (χ0v) is 68.0. The van der Waals surface area contributed by atoms with Gasteiger partial charge in [0.2, 0.25) is 17.3 Å². The first-order chi connectivity index (χ1) is 51.5. The molecule has 1 saturated carbocycles. The third kappa shape index (κ3) is 15.3. The Hall–Kier alpha value is -9.69. The van der Waals surface area contributed by atoms with E-state index in [0.717, 1.165) is 45.4 Å². The molecular weight excluding hydrogens is 1410 g/mol. The molecule has 0 spiro atoms. The Labute approximate surface area is 641 Å². The van der Waals surface area contributed by atoms with Crippen molar-refractivity contribution < 1.29 is 75.5 Å². The molecular formula is C87H102N4O16Si2. The number of nitrogens with zero attached hydrogens (tertiary/aromatic N) is 4. The van der Waals surface area contributed by atoms with E-state index in [1.165, 1.54) is 6.08 Å². The van der Waals surface area contributed by atoms with Crippen LogP contribution in [-0.2, 0) is 54.2 Å². The normalized spacial score (nSPS) is 22.8. The maximum atomic E-state index is 15.9. The van der Waals surface area contributed by atoms with E-state index in [1.54, 1.807) is 26.2 Å². The van der Waals surface area contributed by atoms with Crippen molar-refractivity contribution in [1.29, 1.82) is 0 Å². The van der Waals surface area contributed by atoms with Crippen molar-refractivity contribution in [3.05, 3.63) is 248 Å². The molecule has 10 atom stereocenters. The minimum Gasteiger partial charge on any atom is -0.507 e. The fourth-order valence-electron chi connectivity index (χ4n) is 15.4. The third-order valence-electron chi connectivity index (χ3n) is 22.9. The number of aromatic nitrogens is 2. The summed E-state index contributed by atoms with van der Waals surface area (Å²) in [6, 6.07) is 47.7. The third-order valence-corrected chi connectivity index (χ3v) is 31.8. The van der Waals surface area contributed by atoms with Crippen LogP contribution in [0.25, 0.3) is 5.76 Å². The number of benzene rings is 6. The van der Waals surface area contributed by atoms with E-state index < -0.39 is 98.2 Å². The molecule has 2 heterocycles. The van der Waals surface area contributed by atoms with Crippen LogP contribution in [0.5, 0.6) is 17.5 Å². The van der Waals surface area contributed by atoms with Gasteiger partial charge in [-0.15, -0.1) is 0 Å². The summed E-state index contributed by atoms with van der Waals surface area (Å²) in [7, 11) is 1.80. The smallest absolute Gasteiger partial charge is 0.507 e. The summed E-state index contributed by atoms with van der Waals surface area (Å²) in [6.07, 6.45) is 1.99. The fourth-order valence-corrected chi connectivity index (χ4v) is 18.2. The molecule has 1 fully saturated rings. The molecule has 5 aliphatic carbocycles. The summed E-state index contributed by atoms with van der Waals surface area (Å²) >= 11 is 0. The van der Waals surface area contributed by atoms with Crippen LogP contribution in [0.15, 0.2) is 184 Å². The summed E-state index contributed by atoms with van der Waals surface area (Å²) < 4.78 is 55.7. The number of carbonyl (C=O) groups excluding carboxylic acids is 6. The molecule has 574 valence electrons.